The highest BCUT2D eigenvalue weighted by Gasteiger charge is 2.22. The Hall–Kier alpha value is -0.260. The molecule has 0 aliphatic rings. The first kappa shape index (κ1) is 9.74. The second-order valence-corrected chi connectivity index (χ2v) is 2.94. The van der Waals surface area contributed by atoms with Crippen LogP contribution in [0.1, 0.15) is 20.3 Å². The van der Waals surface area contributed by atoms with E-state index in [1.165, 1.54) is 0 Å². The van der Waals surface area contributed by atoms with Crippen molar-refractivity contribution >= 4 is 17.6 Å². The van der Waals surface area contributed by atoms with E-state index in [0.29, 0.717) is 12.7 Å². The summed E-state index contributed by atoms with van der Waals surface area (Å²) < 4.78 is 20.7. The van der Waals surface area contributed by atoms with E-state index in [9.17, 15) is 9.00 Å². The predicted molar refractivity (Wildman–Crippen MR) is 38.7 cm³/mol. The first-order valence-electron chi connectivity index (χ1n) is 2.89. The van der Waals surface area contributed by atoms with Crippen LogP contribution in [-0.4, -0.2) is 20.6 Å². The molecule has 4 nitrogen and oxygen atoms in total. The predicted octanol–water partition coefficient (Wildman–Crippen LogP) is 0.0803. The largest absolute Gasteiger partial charge is 0.301 e. The van der Waals surface area contributed by atoms with Gasteiger partial charge < -0.3 is 4.79 Å². The fourth-order valence-electron chi connectivity index (χ4n) is 0.379. The van der Waals surface area contributed by atoms with Crippen LogP contribution >= 0.6 is 0 Å². The minimum Gasteiger partial charge on any atom is -0.301 e. The zero-order chi connectivity index (χ0) is 8.20. The van der Waals surface area contributed by atoms with Crippen molar-refractivity contribution in [2.24, 2.45) is 0 Å². The summed E-state index contributed by atoms with van der Waals surface area (Å²) in [5, 5.41) is 0. The van der Waals surface area contributed by atoms with Crippen LogP contribution in [0.2, 0.25) is 0 Å². The van der Waals surface area contributed by atoms with E-state index < -0.39 is 16.8 Å². The highest BCUT2D eigenvalue weighted by molar-refractivity contribution is 7.77. The van der Waals surface area contributed by atoms with Gasteiger partial charge in [-0.05, 0) is 13.3 Å². The number of aldehydes is 1. The highest BCUT2D eigenvalue weighted by Crippen LogP contribution is 2.04. The Bertz CT molecular complexity index is 150. The summed E-state index contributed by atoms with van der Waals surface area (Å²) in [6.45, 7) is 3.32. The molecule has 2 N–H and O–H groups in total. The van der Waals surface area contributed by atoms with Gasteiger partial charge in [-0.1, -0.05) is 6.92 Å². The van der Waals surface area contributed by atoms with Crippen molar-refractivity contribution in [2.45, 2.75) is 25.8 Å². The number of carbonyl (C=O) groups is 1. The van der Waals surface area contributed by atoms with Crippen LogP contribution in [0.25, 0.3) is 0 Å². The summed E-state index contributed by atoms with van der Waals surface area (Å²) >= 11 is -2.12. The van der Waals surface area contributed by atoms with Crippen LogP contribution in [0.5, 0.6) is 0 Å². The lowest BCUT2D eigenvalue weighted by Gasteiger charge is -2.19. The molecular formula is C5H11NO3S. The molecule has 2 unspecified atom stereocenters. The molecule has 0 aromatic carbocycles. The smallest absolute Gasteiger partial charge is 0.232 e. The van der Waals surface area contributed by atoms with Crippen molar-refractivity contribution in [3.8, 4) is 0 Å². The number of nitrogens with one attached hydrogen (secondary N) is 1. The van der Waals surface area contributed by atoms with Gasteiger partial charge in [0.25, 0.3) is 0 Å². The van der Waals surface area contributed by atoms with E-state index in [1.54, 1.807) is 13.8 Å². The molecule has 0 saturated heterocycles. The second-order valence-electron chi connectivity index (χ2n) is 2.24. The molecule has 5 heteroatoms. The molecule has 60 valence electrons. The van der Waals surface area contributed by atoms with Gasteiger partial charge in [-0.2, -0.15) is 0 Å². The lowest BCUT2D eigenvalue weighted by atomic mass is 10.0. The third-order valence-corrected chi connectivity index (χ3v) is 1.96. The molecule has 0 aromatic rings. The topological polar surface area (TPSA) is 66.4 Å². The van der Waals surface area contributed by atoms with Crippen LogP contribution in [-0.2, 0) is 16.1 Å². The third-order valence-electron chi connectivity index (χ3n) is 1.32. The molecule has 0 aliphatic carbocycles. The molecule has 0 radical (unpaired) electrons. The normalized spacial score (nSPS) is 19.5. The Morgan fingerprint density at radius 3 is 2.40 bits per heavy atom. The maximum absolute atomic E-state index is 10.3. The standard InChI is InChI=1S/C5H11NO3S/c1-3-5(2,4-7)6-10(8)9/h4,6H,3H2,1-2H3,(H,8,9). The Balaban J connectivity index is 4.05. The lowest BCUT2D eigenvalue weighted by molar-refractivity contribution is -0.112. The molecule has 0 aliphatic heterocycles. The number of rotatable bonds is 4. The van der Waals surface area contributed by atoms with Crippen molar-refractivity contribution < 1.29 is 13.6 Å². The Morgan fingerprint density at radius 2 is 2.30 bits per heavy atom. The van der Waals surface area contributed by atoms with Gasteiger partial charge in [0.15, 0.2) is 0 Å². The molecule has 0 aromatic heterocycles. The maximum Gasteiger partial charge on any atom is 0.232 e. The number of hydrogen-bond donors (Lipinski definition) is 2. The Labute approximate surface area is 62.4 Å². The van der Waals surface area contributed by atoms with Crippen LogP contribution in [0.4, 0.5) is 0 Å². The fourth-order valence-corrected chi connectivity index (χ4v) is 0.970. The van der Waals surface area contributed by atoms with Gasteiger partial charge in [0, 0.05) is 0 Å². The van der Waals surface area contributed by atoms with Crippen molar-refractivity contribution in [2.75, 3.05) is 0 Å². The first-order chi connectivity index (χ1) is 4.54. The van der Waals surface area contributed by atoms with Gasteiger partial charge in [-0.3, -0.25) is 4.55 Å². The van der Waals surface area contributed by atoms with Gasteiger partial charge in [-0.25, -0.2) is 8.93 Å². The van der Waals surface area contributed by atoms with Crippen LogP contribution < -0.4 is 4.72 Å². The number of hydrogen-bond acceptors (Lipinski definition) is 2. The van der Waals surface area contributed by atoms with E-state index in [-0.39, 0.29) is 0 Å². The van der Waals surface area contributed by atoms with Gasteiger partial charge in [-0.15, -0.1) is 0 Å². The molecule has 0 rings (SSSR count). The fraction of sp³-hybridized carbons (Fsp3) is 0.800. The molecule has 2 atom stereocenters. The summed E-state index contributed by atoms with van der Waals surface area (Å²) in [5.74, 6) is 0. The summed E-state index contributed by atoms with van der Waals surface area (Å²) in [6, 6.07) is 0. The quantitative estimate of drug-likeness (QED) is 0.458. The Morgan fingerprint density at radius 1 is 1.80 bits per heavy atom. The zero-order valence-electron chi connectivity index (χ0n) is 5.96. The van der Waals surface area contributed by atoms with E-state index >= 15 is 0 Å². The molecule has 0 fully saturated rings. The average molecular weight is 165 g/mol. The maximum atomic E-state index is 10.3. The van der Waals surface area contributed by atoms with Crippen LogP contribution in [0.15, 0.2) is 0 Å². The SMILES string of the molecule is CCC(C)(C=O)NS(=O)O. The minimum absolute atomic E-state index is 0.489. The molecular weight excluding hydrogens is 154 g/mol. The second kappa shape index (κ2) is 3.80. The summed E-state index contributed by atoms with van der Waals surface area (Å²) in [7, 11) is 0. The van der Waals surface area contributed by atoms with Crippen molar-refractivity contribution in [3.63, 3.8) is 0 Å². The van der Waals surface area contributed by atoms with E-state index in [4.69, 9.17) is 4.55 Å². The summed E-state index contributed by atoms with van der Waals surface area (Å²) in [6.07, 6.45) is 1.12. The van der Waals surface area contributed by atoms with Crippen molar-refractivity contribution in [3.05, 3.63) is 0 Å². The van der Waals surface area contributed by atoms with Gasteiger partial charge in [0.05, 0.1) is 5.54 Å². The highest BCUT2D eigenvalue weighted by atomic mass is 32.2. The van der Waals surface area contributed by atoms with Crippen molar-refractivity contribution in [1.29, 1.82) is 0 Å². The monoisotopic (exact) mass is 165 g/mol. The van der Waals surface area contributed by atoms with E-state index in [0.717, 1.165) is 0 Å². The summed E-state index contributed by atoms with van der Waals surface area (Å²) in [5.41, 5.74) is -0.875. The van der Waals surface area contributed by atoms with Crippen LogP contribution in [0.3, 0.4) is 0 Å². The molecule has 0 spiro atoms. The molecule has 0 heterocycles. The van der Waals surface area contributed by atoms with Gasteiger partial charge in [0.2, 0.25) is 11.3 Å². The number of carbonyl (C=O) groups excluding carboxylic acids is 1. The van der Waals surface area contributed by atoms with E-state index in [2.05, 4.69) is 4.72 Å². The Kier molecular flexibility index (Phi) is 3.70. The average Bonchev–Trinajstić information content (AvgIpc) is 1.87. The van der Waals surface area contributed by atoms with Crippen LogP contribution in [0, 0.1) is 0 Å². The summed E-state index contributed by atoms with van der Waals surface area (Å²) in [4.78, 5) is 10.3. The first-order valence-corrected chi connectivity index (χ1v) is 4.00. The zero-order valence-corrected chi connectivity index (χ0v) is 6.77. The van der Waals surface area contributed by atoms with Crippen molar-refractivity contribution in [1.82, 2.24) is 4.72 Å². The molecule has 10 heavy (non-hydrogen) atoms. The van der Waals surface area contributed by atoms with E-state index in [1.807, 2.05) is 0 Å². The minimum atomic E-state index is -2.12. The molecule has 0 bridgehead atoms. The molecule has 0 saturated carbocycles. The lowest BCUT2D eigenvalue weighted by Crippen LogP contribution is -2.43. The van der Waals surface area contributed by atoms with Gasteiger partial charge in [0.1, 0.15) is 6.29 Å². The molecule has 0 amide bonds. The van der Waals surface area contributed by atoms with Gasteiger partial charge >= 0.3 is 0 Å². The third kappa shape index (κ3) is 3.05.